The van der Waals surface area contributed by atoms with Gasteiger partial charge >= 0.3 is 0 Å². The molecule has 1 aromatic carbocycles. The molecule has 0 atom stereocenters. The average molecular weight is 327 g/mol. The van der Waals surface area contributed by atoms with E-state index in [2.05, 4.69) is 10.1 Å². The molecule has 24 heavy (non-hydrogen) atoms. The van der Waals surface area contributed by atoms with Gasteiger partial charge in [-0.2, -0.15) is 4.98 Å². The van der Waals surface area contributed by atoms with E-state index >= 15 is 0 Å². The molecule has 0 radical (unpaired) electrons. The van der Waals surface area contributed by atoms with Crippen LogP contribution in [0.15, 0.2) is 39.6 Å². The van der Waals surface area contributed by atoms with Crippen LogP contribution in [0.2, 0.25) is 0 Å². The van der Waals surface area contributed by atoms with Gasteiger partial charge in [-0.15, -0.1) is 0 Å². The van der Waals surface area contributed by atoms with Crippen molar-refractivity contribution in [1.82, 2.24) is 24.4 Å². The Balaban J connectivity index is 1.88. The summed E-state index contributed by atoms with van der Waals surface area (Å²) in [5.41, 5.74) is 2.57. The van der Waals surface area contributed by atoms with Gasteiger partial charge in [0.25, 0.3) is 5.56 Å². The second kappa shape index (κ2) is 6.45. The van der Waals surface area contributed by atoms with Gasteiger partial charge in [0.05, 0.1) is 17.8 Å². The number of hydrogen-bond acceptors (Lipinski definition) is 5. The maximum absolute atomic E-state index is 12.9. The van der Waals surface area contributed by atoms with E-state index < -0.39 is 0 Å². The number of aromatic nitrogens is 4. The van der Waals surface area contributed by atoms with Gasteiger partial charge < -0.3 is 4.52 Å². The highest BCUT2D eigenvalue weighted by atomic mass is 16.5. The third kappa shape index (κ3) is 3.03. The smallest absolute Gasteiger partial charge is 0.276 e. The zero-order valence-corrected chi connectivity index (χ0v) is 14.4. The van der Waals surface area contributed by atoms with Crippen LogP contribution in [0.1, 0.15) is 23.0 Å². The summed E-state index contributed by atoms with van der Waals surface area (Å²) in [7, 11) is 3.83. The van der Waals surface area contributed by atoms with Crippen molar-refractivity contribution < 1.29 is 4.52 Å². The van der Waals surface area contributed by atoms with E-state index in [-0.39, 0.29) is 5.56 Å². The molecule has 7 nitrogen and oxygen atoms in total. The van der Waals surface area contributed by atoms with Gasteiger partial charge in [0, 0.05) is 26.2 Å². The highest BCUT2D eigenvalue weighted by Gasteiger charge is 2.18. The lowest BCUT2D eigenvalue weighted by atomic mass is 10.2. The number of hydrogen-bond donors (Lipinski definition) is 0. The van der Waals surface area contributed by atoms with Crippen molar-refractivity contribution in [3.8, 4) is 5.69 Å². The standard InChI is InChI=1S/C17H21N5O2/c1-12-15(10-20(3)11-16-18-13(2)24-19-16)17(23)22(21(12)4)14-8-6-5-7-9-14/h5-9H,10-11H2,1-4H3. The fourth-order valence-corrected chi connectivity index (χ4v) is 2.78. The maximum Gasteiger partial charge on any atom is 0.276 e. The third-order valence-electron chi connectivity index (χ3n) is 4.08. The number of benzene rings is 1. The second-order valence-electron chi connectivity index (χ2n) is 5.94. The van der Waals surface area contributed by atoms with Crippen LogP contribution < -0.4 is 5.56 Å². The minimum absolute atomic E-state index is 0.00246. The summed E-state index contributed by atoms with van der Waals surface area (Å²) in [6.45, 7) is 4.77. The molecule has 0 fully saturated rings. The molecular weight excluding hydrogens is 306 g/mol. The molecule has 0 spiro atoms. The van der Waals surface area contributed by atoms with Crippen molar-refractivity contribution in [2.24, 2.45) is 7.05 Å². The SMILES string of the molecule is Cc1nc(CN(C)Cc2c(C)n(C)n(-c3ccccc3)c2=O)no1. The predicted octanol–water partition coefficient (Wildman–Crippen LogP) is 1.81. The molecule has 0 saturated heterocycles. The van der Waals surface area contributed by atoms with E-state index in [0.717, 1.165) is 16.9 Å². The predicted molar refractivity (Wildman–Crippen MR) is 90.0 cm³/mol. The molecule has 0 aliphatic rings. The van der Waals surface area contributed by atoms with E-state index in [9.17, 15) is 4.79 Å². The van der Waals surface area contributed by atoms with Gasteiger partial charge in [-0.05, 0) is 26.1 Å². The van der Waals surface area contributed by atoms with Crippen LogP contribution in [0.25, 0.3) is 5.69 Å². The molecule has 0 saturated carbocycles. The van der Waals surface area contributed by atoms with Crippen molar-refractivity contribution in [1.29, 1.82) is 0 Å². The van der Waals surface area contributed by atoms with Crippen LogP contribution in [0.4, 0.5) is 0 Å². The molecule has 0 amide bonds. The lowest BCUT2D eigenvalue weighted by Crippen LogP contribution is -2.25. The molecule has 0 aliphatic heterocycles. The van der Waals surface area contributed by atoms with Gasteiger partial charge in [0.15, 0.2) is 5.82 Å². The Hall–Kier alpha value is -2.67. The number of aryl methyl sites for hydroxylation is 1. The zero-order valence-electron chi connectivity index (χ0n) is 14.4. The number of rotatable bonds is 5. The van der Waals surface area contributed by atoms with Gasteiger partial charge in [-0.3, -0.25) is 14.4 Å². The van der Waals surface area contributed by atoms with E-state index in [1.54, 1.807) is 11.6 Å². The molecule has 0 N–H and O–H groups in total. The van der Waals surface area contributed by atoms with Crippen molar-refractivity contribution in [2.45, 2.75) is 26.9 Å². The Morgan fingerprint density at radius 3 is 2.50 bits per heavy atom. The molecule has 0 bridgehead atoms. The van der Waals surface area contributed by atoms with E-state index in [1.807, 2.05) is 60.9 Å². The minimum Gasteiger partial charge on any atom is -0.340 e. The first-order valence-electron chi connectivity index (χ1n) is 7.78. The van der Waals surface area contributed by atoms with E-state index in [4.69, 9.17) is 4.52 Å². The van der Waals surface area contributed by atoms with Gasteiger partial charge in [-0.1, -0.05) is 23.4 Å². The monoisotopic (exact) mass is 327 g/mol. The van der Waals surface area contributed by atoms with Gasteiger partial charge in [0.2, 0.25) is 5.89 Å². The first-order chi connectivity index (χ1) is 11.5. The largest absolute Gasteiger partial charge is 0.340 e. The Kier molecular flexibility index (Phi) is 4.35. The molecule has 0 aliphatic carbocycles. The summed E-state index contributed by atoms with van der Waals surface area (Å²) in [6.07, 6.45) is 0. The second-order valence-corrected chi connectivity index (χ2v) is 5.94. The first-order valence-corrected chi connectivity index (χ1v) is 7.78. The molecule has 7 heteroatoms. The van der Waals surface area contributed by atoms with Gasteiger partial charge in [0.1, 0.15) is 0 Å². The Morgan fingerprint density at radius 2 is 1.88 bits per heavy atom. The number of nitrogens with zero attached hydrogens (tertiary/aromatic N) is 5. The topological polar surface area (TPSA) is 69.1 Å². The Morgan fingerprint density at radius 1 is 1.17 bits per heavy atom. The first kappa shape index (κ1) is 16.2. The Labute approximate surface area is 140 Å². The highest BCUT2D eigenvalue weighted by molar-refractivity contribution is 5.33. The zero-order chi connectivity index (χ0) is 17.3. The molecular formula is C17H21N5O2. The molecule has 3 rings (SSSR count). The normalized spacial score (nSPS) is 11.4. The highest BCUT2D eigenvalue weighted by Crippen LogP contribution is 2.12. The van der Waals surface area contributed by atoms with Crippen molar-refractivity contribution >= 4 is 0 Å². The molecule has 3 aromatic rings. The molecule has 0 unspecified atom stereocenters. The summed E-state index contributed by atoms with van der Waals surface area (Å²) >= 11 is 0. The fraction of sp³-hybridized carbons (Fsp3) is 0.353. The van der Waals surface area contributed by atoms with E-state index in [1.165, 1.54) is 0 Å². The fourth-order valence-electron chi connectivity index (χ4n) is 2.78. The van der Waals surface area contributed by atoms with Gasteiger partial charge in [-0.25, -0.2) is 4.68 Å². The summed E-state index contributed by atoms with van der Waals surface area (Å²) in [5.74, 6) is 1.16. The van der Waals surface area contributed by atoms with Crippen molar-refractivity contribution in [3.05, 3.63) is 63.7 Å². The summed E-state index contributed by atoms with van der Waals surface area (Å²) in [4.78, 5) is 19.1. The number of para-hydroxylation sites is 1. The van der Waals surface area contributed by atoms with Crippen molar-refractivity contribution in [2.75, 3.05) is 7.05 Å². The lowest BCUT2D eigenvalue weighted by Gasteiger charge is -2.13. The van der Waals surface area contributed by atoms with Crippen LogP contribution in [0, 0.1) is 13.8 Å². The van der Waals surface area contributed by atoms with Crippen LogP contribution >= 0.6 is 0 Å². The van der Waals surface area contributed by atoms with Crippen molar-refractivity contribution in [3.63, 3.8) is 0 Å². The molecule has 2 heterocycles. The quantitative estimate of drug-likeness (QED) is 0.715. The van der Waals surface area contributed by atoms with Crippen LogP contribution in [0.3, 0.4) is 0 Å². The Bertz CT molecular complexity index is 892. The minimum atomic E-state index is -0.00246. The van der Waals surface area contributed by atoms with E-state index in [0.29, 0.717) is 24.8 Å². The van der Waals surface area contributed by atoms with Crippen LogP contribution in [-0.2, 0) is 20.1 Å². The third-order valence-corrected chi connectivity index (χ3v) is 4.08. The molecule has 126 valence electrons. The van der Waals surface area contributed by atoms with Crippen LogP contribution in [-0.4, -0.2) is 31.5 Å². The summed E-state index contributed by atoms with van der Waals surface area (Å²) in [5, 5.41) is 3.90. The summed E-state index contributed by atoms with van der Waals surface area (Å²) < 4.78 is 8.57. The average Bonchev–Trinajstić information content (AvgIpc) is 3.05. The molecule has 2 aromatic heterocycles. The summed E-state index contributed by atoms with van der Waals surface area (Å²) in [6, 6.07) is 9.64. The lowest BCUT2D eigenvalue weighted by molar-refractivity contribution is 0.299. The maximum atomic E-state index is 12.9. The van der Waals surface area contributed by atoms with Crippen LogP contribution in [0.5, 0.6) is 0 Å².